The molecule has 0 fully saturated rings. The highest BCUT2D eigenvalue weighted by molar-refractivity contribution is 5.91. The molecule has 1 amide bonds. The van der Waals surface area contributed by atoms with E-state index in [2.05, 4.69) is 17.2 Å². The van der Waals surface area contributed by atoms with Gasteiger partial charge in [-0.1, -0.05) is 25.5 Å². The van der Waals surface area contributed by atoms with Gasteiger partial charge in [-0.05, 0) is 18.6 Å². The first kappa shape index (κ1) is 15.3. The molecule has 0 aliphatic rings. The number of hydrogen-bond donors (Lipinski definition) is 2. The van der Waals surface area contributed by atoms with Crippen molar-refractivity contribution in [3.63, 3.8) is 0 Å². The van der Waals surface area contributed by atoms with Crippen LogP contribution in [-0.2, 0) is 4.79 Å². The maximum atomic E-state index is 11.8. The second-order valence-corrected chi connectivity index (χ2v) is 5.13. The fourth-order valence-electron chi connectivity index (χ4n) is 2.14. The maximum Gasteiger partial charge on any atom is 0.225 e. The molecule has 2 aromatic rings. The molecule has 112 valence electrons. The van der Waals surface area contributed by atoms with Gasteiger partial charge >= 0.3 is 0 Å². The van der Waals surface area contributed by atoms with Crippen LogP contribution in [0.15, 0.2) is 34.9 Å². The van der Waals surface area contributed by atoms with E-state index in [1.54, 1.807) is 13.2 Å². The summed E-state index contributed by atoms with van der Waals surface area (Å²) in [4.78, 5) is 16.1. The van der Waals surface area contributed by atoms with Crippen LogP contribution in [0.25, 0.3) is 11.3 Å². The number of carbonyl (C=O) groups excluding carboxylic acids is 1. The first-order chi connectivity index (χ1) is 10.1. The normalized spacial score (nSPS) is 12.1. The van der Waals surface area contributed by atoms with Crippen molar-refractivity contribution in [3.05, 3.63) is 36.4 Å². The van der Waals surface area contributed by atoms with Gasteiger partial charge in [-0.3, -0.25) is 4.79 Å². The molecule has 5 nitrogen and oxygen atoms in total. The number of nitrogens with zero attached hydrogens (tertiary/aromatic N) is 1. The van der Waals surface area contributed by atoms with E-state index in [4.69, 9.17) is 10.2 Å². The molecule has 1 aromatic heterocycles. The molecule has 1 heterocycles. The molecule has 0 radical (unpaired) electrons. The molecular formula is C16H21N3O2. The Bertz CT molecular complexity index is 590. The van der Waals surface area contributed by atoms with E-state index in [0.717, 1.165) is 29.8 Å². The van der Waals surface area contributed by atoms with Gasteiger partial charge < -0.3 is 15.5 Å². The lowest BCUT2D eigenvalue weighted by Gasteiger charge is -2.10. The summed E-state index contributed by atoms with van der Waals surface area (Å²) in [7, 11) is 0. The number of benzene rings is 1. The Morgan fingerprint density at radius 1 is 1.38 bits per heavy atom. The van der Waals surface area contributed by atoms with Crippen LogP contribution in [0.2, 0.25) is 0 Å². The Labute approximate surface area is 124 Å². The first-order valence-electron chi connectivity index (χ1n) is 7.16. The van der Waals surface area contributed by atoms with Crippen LogP contribution in [0, 0.1) is 6.92 Å². The lowest BCUT2D eigenvalue weighted by atomic mass is 10.1. The largest absolute Gasteiger partial charge is 0.449 e. The zero-order valence-electron chi connectivity index (χ0n) is 12.4. The van der Waals surface area contributed by atoms with Crippen molar-refractivity contribution in [1.29, 1.82) is 0 Å². The van der Waals surface area contributed by atoms with Gasteiger partial charge in [0.15, 0.2) is 5.89 Å². The van der Waals surface area contributed by atoms with Gasteiger partial charge in [0.25, 0.3) is 0 Å². The lowest BCUT2D eigenvalue weighted by molar-refractivity contribution is -0.116. The van der Waals surface area contributed by atoms with Gasteiger partial charge in [-0.25, -0.2) is 4.98 Å². The zero-order valence-corrected chi connectivity index (χ0v) is 12.4. The summed E-state index contributed by atoms with van der Waals surface area (Å²) in [5.41, 5.74) is 8.36. The SMILES string of the molecule is CCCC(N)CC(=O)Nc1ccc(-c2coc(C)n2)cc1. The number of oxazole rings is 1. The fourth-order valence-corrected chi connectivity index (χ4v) is 2.14. The minimum Gasteiger partial charge on any atom is -0.449 e. The van der Waals surface area contributed by atoms with Crippen LogP contribution in [0.1, 0.15) is 32.1 Å². The highest BCUT2D eigenvalue weighted by atomic mass is 16.3. The van der Waals surface area contributed by atoms with E-state index in [0.29, 0.717) is 12.3 Å². The number of nitrogens with two attached hydrogens (primary N) is 1. The van der Waals surface area contributed by atoms with Gasteiger partial charge in [0.2, 0.25) is 5.91 Å². The Balaban J connectivity index is 1.95. The predicted molar refractivity (Wildman–Crippen MR) is 82.8 cm³/mol. The number of rotatable bonds is 6. The van der Waals surface area contributed by atoms with E-state index >= 15 is 0 Å². The molecule has 1 atom stereocenters. The third-order valence-electron chi connectivity index (χ3n) is 3.19. The van der Waals surface area contributed by atoms with Crippen molar-refractivity contribution in [2.24, 2.45) is 5.73 Å². The number of nitrogens with one attached hydrogen (secondary N) is 1. The second-order valence-electron chi connectivity index (χ2n) is 5.13. The number of aryl methyl sites for hydroxylation is 1. The summed E-state index contributed by atoms with van der Waals surface area (Å²) in [5, 5.41) is 2.85. The smallest absolute Gasteiger partial charge is 0.225 e. The molecule has 0 saturated carbocycles. The molecule has 0 spiro atoms. The molecular weight excluding hydrogens is 266 g/mol. The van der Waals surface area contributed by atoms with Gasteiger partial charge in [-0.15, -0.1) is 0 Å². The molecule has 1 aromatic carbocycles. The standard InChI is InChI=1S/C16H21N3O2/c1-3-4-13(17)9-16(20)19-14-7-5-12(6-8-14)15-10-21-11(2)18-15/h5-8,10,13H,3-4,9,17H2,1-2H3,(H,19,20). The maximum absolute atomic E-state index is 11.8. The first-order valence-corrected chi connectivity index (χ1v) is 7.16. The van der Waals surface area contributed by atoms with Crippen LogP contribution in [0.5, 0.6) is 0 Å². The summed E-state index contributed by atoms with van der Waals surface area (Å²) in [6, 6.07) is 7.43. The topological polar surface area (TPSA) is 81.2 Å². The summed E-state index contributed by atoms with van der Waals surface area (Å²) < 4.78 is 5.19. The van der Waals surface area contributed by atoms with Crippen LogP contribution < -0.4 is 11.1 Å². The monoisotopic (exact) mass is 287 g/mol. The molecule has 21 heavy (non-hydrogen) atoms. The van der Waals surface area contributed by atoms with Crippen molar-refractivity contribution < 1.29 is 9.21 Å². The van der Waals surface area contributed by atoms with Crippen molar-refractivity contribution in [2.75, 3.05) is 5.32 Å². The molecule has 0 saturated heterocycles. The van der Waals surface area contributed by atoms with E-state index in [1.807, 2.05) is 24.3 Å². The number of aromatic nitrogens is 1. The van der Waals surface area contributed by atoms with Crippen LogP contribution >= 0.6 is 0 Å². The Hall–Kier alpha value is -2.14. The minimum atomic E-state index is -0.0765. The Morgan fingerprint density at radius 3 is 2.67 bits per heavy atom. The Kier molecular flexibility index (Phi) is 5.11. The van der Waals surface area contributed by atoms with Crippen molar-refractivity contribution >= 4 is 11.6 Å². The van der Waals surface area contributed by atoms with Crippen LogP contribution in [0.3, 0.4) is 0 Å². The van der Waals surface area contributed by atoms with Gasteiger partial charge in [0.1, 0.15) is 12.0 Å². The zero-order chi connectivity index (χ0) is 15.2. The van der Waals surface area contributed by atoms with E-state index in [-0.39, 0.29) is 11.9 Å². The Morgan fingerprint density at radius 2 is 2.10 bits per heavy atom. The van der Waals surface area contributed by atoms with Crippen LogP contribution in [0.4, 0.5) is 5.69 Å². The quantitative estimate of drug-likeness (QED) is 0.855. The minimum absolute atomic E-state index is 0.0546. The summed E-state index contributed by atoms with van der Waals surface area (Å²) in [6.07, 6.45) is 3.81. The molecule has 2 rings (SSSR count). The third-order valence-corrected chi connectivity index (χ3v) is 3.19. The molecule has 0 aliphatic heterocycles. The highest BCUT2D eigenvalue weighted by Gasteiger charge is 2.09. The van der Waals surface area contributed by atoms with Crippen LogP contribution in [-0.4, -0.2) is 16.9 Å². The van der Waals surface area contributed by atoms with Gasteiger partial charge in [0.05, 0.1) is 0 Å². The highest BCUT2D eigenvalue weighted by Crippen LogP contribution is 2.20. The van der Waals surface area contributed by atoms with Crippen molar-refractivity contribution in [3.8, 4) is 11.3 Å². The lowest BCUT2D eigenvalue weighted by Crippen LogP contribution is -2.26. The predicted octanol–water partition coefficient (Wildman–Crippen LogP) is 3.11. The number of hydrogen-bond acceptors (Lipinski definition) is 4. The third kappa shape index (κ3) is 4.43. The number of carbonyl (C=O) groups is 1. The van der Waals surface area contributed by atoms with Gasteiger partial charge in [-0.2, -0.15) is 0 Å². The van der Waals surface area contributed by atoms with E-state index in [1.165, 1.54) is 0 Å². The van der Waals surface area contributed by atoms with E-state index in [9.17, 15) is 4.79 Å². The average Bonchev–Trinajstić information content (AvgIpc) is 2.86. The van der Waals surface area contributed by atoms with Crippen molar-refractivity contribution in [2.45, 2.75) is 39.2 Å². The molecule has 0 aliphatic carbocycles. The summed E-state index contributed by atoms with van der Waals surface area (Å²) in [6.45, 7) is 3.86. The second kappa shape index (κ2) is 7.04. The van der Waals surface area contributed by atoms with Crippen molar-refractivity contribution in [1.82, 2.24) is 4.98 Å². The average molecular weight is 287 g/mol. The van der Waals surface area contributed by atoms with E-state index < -0.39 is 0 Å². The fraction of sp³-hybridized carbons (Fsp3) is 0.375. The molecule has 5 heteroatoms. The number of anilines is 1. The molecule has 1 unspecified atom stereocenters. The van der Waals surface area contributed by atoms with Gasteiger partial charge in [0, 0.05) is 30.6 Å². The molecule has 0 bridgehead atoms. The molecule has 3 N–H and O–H groups in total. The summed E-state index contributed by atoms with van der Waals surface area (Å²) >= 11 is 0. The number of amides is 1. The summed E-state index contributed by atoms with van der Waals surface area (Å²) in [5.74, 6) is 0.577.